The molecule has 24 heavy (non-hydrogen) atoms. The van der Waals surface area contributed by atoms with Gasteiger partial charge in [-0.15, -0.1) is 0 Å². The van der Waals surface area contributed by atoms with Crippen LogP contribution in [-0.4, -0.2) is 22.9 Å². The monoisotopic (exact) mass is 322 g/mol. The summed E-state index contributed by atoms with van der Waals surface area (Å²) in [4.78, 5) is 12.2. The molecule has 0 spiro atoms. The zero-order chi connectivity index (χ0) is 16.8. The Bertz CT molecular complexity index is 815. The van der Waals surface area contributed by atoms with Crippen molar-refractivity contribution in [2.45, 2.75) is 6.54 Å². The molecular weight excluding hydrogens is 304 g/mol. The maximum Gasteiger partial charge on any atom is 0.324 e. The zero-order valence-electron chi connectivity index (χ0n) is 13.3. The van der Waals surface area contributed by atoms with Gasteiger partial charge in [-0.2, -0.15) is 5.10 Å². The van der Waals surface area contributed by atoms with E-state index in [0.29, 0.717) is 23.8 Å². The fourth-order valence-corrected chi connectivity index (χ4v) is 2.34. The third-order valence-electron chi connectivity index (χ3n) is 3.49. The first-order valence-corrected chi connectivity index (χ1v) is 7.53. The number of hydrogen-bond donors (Lipinski definition) is 2. The highest BCUT2D eigenvalue weighted by Gasteiger charge is 2.10. The molecule has 3 rings (SSSR count). The molecule has 122 valence electrons. The second-order valence-corrected chi connectivity index (χ2v) is 5.14. The highest BCUT2D eigenvalue weighted by Crippen LogP contribution is 2.23. The Balaban J connectivity index is 1.68. The minimum Gasteiger partial charge on any atom is -0.495 e. The Morgan fingerprint density at radius 3 is 2.58 bits per heavy atom. The summed E-state index contributed by atoms with van der Waals surface area (Å²) < 4.78 is 6.96. The largest absolute Gasteiger partial charge is 0.495 e. The number of nitrogens with zero attached hydrogens (tertiary/aromatic N) is 2. The molecule has 0 aliphatic heterocycles. The van der Waals surface area contributed by atoms with Crippen molar-refractivity contribution >= 4 is 17.5 Å². The van der Waals surface area contributed by atoms with E-state index < -0.39 is 0 Å². The number of anilines is 2. The van der Waals surface area contributed by atoms with E-state index in [1.54, 1.807) is 36.2 Å². The molecule has 1 aromatic heterocycles. The lowest BCUT2D eigenvalue weighted by Crippen LogP contribution is -2.22. The maximum absolute atomic E-state index is 12.2. The number of nitrogens with one attached hydrogen (secondary N) is 2. The number of aromatic nitrogens is 2. The minimum atomic E-state index is -0.352. The van der Waals surface area contributed by atoms with Gasteiger partial charge in [0.1, 0.15) is 11.6 Å². The molecule has 0 atom stereocenters. The van der Waals surface area contributed by atoms with Crippen molar-refractivity contribution in [2.24, 2.45) is 0 Å². The molecule has 0 bridgehead atoms. The van der Waals surface area contributed by atoms with Crippen LogP contribution in [0.25, 0.3) is 0 Å². The molecule has 2 aromatic carbocycles. The van der Waals surface area contributed by atoms with Crippen LogP contribution in [0.3, 0.4) is 0 Å². The first-order valence-electron chi connectivity index (χ1n) is 7.53. The van der Waals surface area contributed by atoms with Crippen LogP contribution in [0.5, 0.6) is 5.75 Å². The molecule has 1 heterocycles. The number of benzene rings is 2. The molecule has 2 N–H and O–H groups in total. The lowest BCUT2D eigenvalue weighted by molar-refractivity contribution is 0.262. The topological polar surface area (TPSA) is 68.2 Å². The van der Waals surface area contributed by atoms with E-state index in [-0.39, 0.29) is 6.03 Å². The summed E-state index contributed by atoms with van der Waals surface area (Å²) in [6.07, 6.45) is 1.65. The van der Waals surface area contributed by atoms with Crippen molar-refractivity contribution < 1.29 is 9.53 Å². The molecule has 3 aromatic rings. The van der Waals surface area contributed by atoms with Gasteiger partial charge in [0, 0.05) is 6.07 Å². The van der Waals surface area contributed by atoms with Crippen LogP contribution in [0.2, 0.25) is 0 Å². The van der Waals surface area contributed by atoms with Gasteiger partial charge in [0.15, 0.2) is 0 Å². The van der Waals surface area contributed by atoms with Gasteiger partial charge in [0.2, 0.25) is 0 Å². The van der Waals surface area contributed by atoms with Gasteiger partial charge in [0.25, 0.3) is 0 Å². The van der Waals surface area contributed by atoms with E-state index in [0.717, 1.165) is 5.56 Å². The summed E-state index contributed by atoms with van der Waals surface area (Å²) in [6.45, 7) is 0.581. The molecule has 0 radical (unpaired) electrons. The van der Waals surface area contributed by atoms with E-state index >= 15 is 0 Å². The van der Waals surface area contributed by atoms with Gasteiger partial charge < -0.3 is 10.1 Å². The molecule has 0 aliphatic rings. The molecule has 0 unspecified atom stereocenters. The minimum absolute atomic E-state index is 0.352. The normalized spacial score (nSPS) is 10.2. The number of ether oxygens (including phenoxy) is 1. The van der Waals surface area contributed by atoms with Crippen LogP contribution >= 0.6 is 0 Å². The Labute approximate surface area is 140 Å². The van der Waals surface area contributed by atoms with Gasteiger partial charge in [-0.05, 0) is 17.7 Å². The highest BCUT2D eigenvalue weighted by molar-refractivity contribution is 6.00. The van der Waals surface area contributed by atoms with E-state index in [2.05, 4.69) is 15.7 Å². The first-order chi connectivity index (χ1) is 11.8. The summed E-state index contributed by atoms with van der Waals surface area (Å²) >= 11 is 0. The molecule has 6 heteroatoms. The average molecular weight is 322 g/mol. The standard InChI is InChI=1S/C18H18N4O2/c1-24-16-10-6-5-9-15(16)20-18(23)21-17-11-12-19-22(17)13-14-7-3-2-4-8-14/h2-12H,13H2,1H3,(H2,20,21,23). The predicted octanol–water partition coefficient (Wildman–Crippen LogP) is 3.58. The molecule has 0 saturated carbocycles. The first kappa shape index (κ1) is 15.6. The third kappa shape index (κ3) is 3.73. The molecular formula is C18H18N4O2. The number of amides is 2. The van der Waals surface area contributed by atoms with Gasteiger partial charge in [-0.1, -0.05) is 42.5 Å². The maximum atomic E-state index is 12.2. The quantitative estimate of drug-likeness (QED) is 0.754. The van der Waals surface area contributed by atoms with E-state index in [1.807, 2.05) is 42.5 Å². The highest BCUT2D eigenvalue weighted by atomic mass is 16.5. The van der Waals surface area contributed by atoms with E-state index in [4.69, 9.17) is 4.74 Å². The van der Waals surface area contributed by atoms with Gasteiger partial charge in [0.05, 0.1) is 25.5 Å². The van der Waals surface area contributed by atoms with Gasteiger partial charge >= 0.3 is 6.03 Å². The van der Waals surface area contributed by atoms with Gasteiger partial charge in [-0.3, -0.25) is 5.32 Å². The Morgan fingerprint density at radius 1 is 1.04 bits per heavy atom. The Morgan fingerprint density at radius 2 is 1.79 bits per heavy atom. The van der Waals surface area contributed by atoms with E-state index in [1.165, 1.54) is 0 Å². The summed E-state index contributed by atoms with van der Waals surface area (Å²) in [7, 11) is 1.56. The number of methoxy groups -OCH3 is 1. The smallest absolute Gasteiger partial charge is 0.324 e. The second-order valence-electron chi connectivity index (χ2n) is 5.14. The molecule has 6 nitrogen and oxygen atoms in total. The van der Waals surface area contributed by atoms with Crippen molar-refractivity contribution in [3.05, 3.63) is 72.4 Å². The Hall–Kier alpha value is -3.28. The lowest BCUT2D eigenvalue weighted by atomic mass is 10.2. The number of carbonyl (C=O) groups is 1. The molecule has 0 saturated heterocycles. The number of carbonyl (C=O) groups excluding carboxylic acids is 1. The van der Waals surface area contributed by atoms with Crippen molar-refractivity contribution in [3.8, 4) is 5.75 Å². The van der Waals surface area contributed by atoms with Gasteiger partial charge in [-0.25, -0.2) is 9.48 Å². The second kappa shape index (κ2) is 7.32. The van der Waals surface area contributed by atoms with Crippen molar-refractivity contribution in [1.29, 1.82) is 0 Å². The molecule has 0 aliphatic carbocycles. The van der Waals surface area contributed by atoms with Crippen LogP contribution in [0.4, 0.5) is 16.3 Å². The average Bonchev–Trinajstić information content (AvgIpc) is 3.03. The summed E-state index contributed by atoms with van der Waals surface area (Å²) in [5, 5.41) is 9.83. The predicted molar refractivity (Wildman–Crippen MR) is 93.4 cm³/mol. The summed E-state index contributed by atoms with van der Waals surface area (Å²) in [6, 6.07) is 18.6. The number of hydrogen-bond acceptors (Lipinski definition) is 3. The third-order valence-corrected chi connectivity index (χ3v) is 3.49. The van der Waals surface area contributed by atoms with Crippen LogP contribution in [0, 0.1) is 0 Å². The van der Waals surface area contributed by atoms with Crippen LogP contribution in [0.15, 0.2) is 66.9 Å². The summed E-state index contributed by atoms with van der Waals surface area (Å²) in [5.74, 6) is 1.22. The molecule has 2 amide bonds. The van der Waals surface area contributed by atoms with Crippen molar-refractivity contribution in [3.63, 3.8) is 0 Å². The number of para-hydroxylation sites is 2. The molecule has 0 fully saturated rings. The van der Waals surface area contributed by atoms with Crippen molar-refractivity contribution in [1.82, 2.24) is 9.78 Å². The van der Waals surface area contributed by atoms with Crippen LogP contribution in [-0.2, 0) is 6.54 Å². The Kier molecular flexibility index (Phi) is 4.76. The summed E-state index contributed by atoms with van der Waals surface area (Å²) in [5.41, 5.74) is 1.71. The van der Waals surface area contributed by atoms with Crippen LogP contribution in [0.1, 0.15) is 5.56 Å². The SMILES string of the molecule is COc1ccccc1NC(=O)Nc1ccnn1Cc1ccccc1. The zero-order valence-corrected chi connectivity index (χ0v) is 13.3. The number of urea groups is 1. The van der Waals surface area contributed by atoms with E-state index in [9.17, 15) is 4.79 Å². The number of rotatable bonds is 5. The van der Waals surface area contributed by atoms with Crippen LogP contribution < -0.4 is 15.4 Å². The van der Waals surface area contributed by atoms with Crippen molar-refractivity contribution in [2.75, 3.05) is 17.7 Å². The fraction of sp³-hybridized carbons (Fsp3) is 0.111. The fourth-order valence-electron chi connectivity index (χ4n) is 2.34. The lowest BCUT2D eigenvalue weighted by Gasteiger charge is -2.12.